The molecule has 1 rings (SSSR count). The molecule has 1 aliphatic rings. The Morgan fingerprint density at radius 1 is 1.36 bits per heavy atom. The van der Waals surface area contributed by atoms with E-state index >= 15 is 0 Å². The van der Waals surface area contributed by atoms with E-state index in [4.69, 9.17) is 10.00 Å². The highest BCUT2D eigenvalue weighted by atomic mass is 16.5. The first-order valence-corrected chi connectivity index (χ1v) is 7.62. The highest BCUT2D eigenvalue weighted by molar-refractivity contribution is 5.97. The zero-order valence-corrected chi connectivity index (χ0v) is 13.8. The molecule has 0 aromatic carbocycles. The molecule has 1 amide bonds. The lowest BCUT2D eigenvalue weighted by Gasteiger charge is -2.30. The van der Waals surface area contributed by atoms with Crippen LogP contribution >= 0.6 is 0 Å². The average Bonchev–Trinajstić information content (AvgIpc) is 2.43. The molecule has 0 aliphatic carbocycles. The topological polar surface area (TPSA) is 82.4 Å². The number of esters is 1. The number of carbonyl (C=O) groups excluding carboxylic acids is 2. The van der Waals surface area contributed by atoms with E-state index in [1.165, 1.54) is 0 Å². The van der Waals surface area contributed by atoms with E-state index < -0.39 is 0 Å². The molecule has 0 unspecified atom stereocenters. The maximum atomic E-state index is 12.0. The molecule has 1 N–H and O–H groups in total. The molecule has 6 heteroatoms. The Kier molecular flexibility index (Phi) is 6.41. The number of nitriles is 1. The molecule has 0 bridgehead atoms. The minimum absolute atomic E-state index is 0.0847. The van der Waals surface area contributed by atoms with Crippen LogP contribution in [-0.2, 0) is 14.3 Å². The summed E-state index contributed by atoms with van der Waals surface area (Å²) in [6, 6.07) is 1.94. The van der Waals surface area contributed by atoms with Gasteiger partial charge >= 0.3 is 5.97 Å². The summed E-state index contributed by atoms with van der Waals surface area (Å²) in [7, 11) is 0. The summed E-state index contributed by atoms with van der Waals surface area (Å²) in [5, 5.41) is 11.9. The van der Waals surface area contributed by atoms with E-state index in [0.717, 1.165) is 0 Å². The lowest BCUT2D eigenvalue weighted by molar-refractivity contribution is -0.149. The second-order valence-electron chi connectivity index (χ2n) is 6.42. The largest absolute Gasteiger partial charge is 0.466 e. The predicted molar refractivity (Wildman–Crippen MR) is 82.5 cm³/mol. The Morgan fingerprint density at radius 3 is 2.41 bits per heavy atom. The van der Waals surface area contributed by atoms with Gasteiger partial charge in [-0.15, -0.1) is 0 Å². The fourth-order valence-electron chi connectivity index (χ4n) is 2.25. The zero-order chi connectivity index (χ0) is 16.8. The van der Waals surface area contributed by atoms with Gasteiger partial charge in [-0.1, -0.05) is 0 Å². The molecule has 1 aliphatic heterocycles. The smallest absolute Gasteiger partial charge is 0.309 e. The third kappa shape index (κ3) is 5.76. The number of likely N-dealkylation sites (tertiary alicyclic amines) is 1. The van der Waals surface area contributed by atoms with Gasteiger partial charge in [0.25, 0.3) is 5.91 Å². The highest BCUT2D eigenvalue weighted by Gasteiger charge is 2.26. The maximum Gasteiger partial charge on any atom is 0.309 e. The monoisotopic (exact) mass is 307 g/mol. The van der Waals surface area contributed by atoms with E-state index in [0.29, 0.717) is 32.5 Å². The molecule has 0 saturated carbocycles. The lowest BCUT2D eigenvalue weighted by Crippen LogP contribution is -2.42. The highest BCUT2D eigenvalue weighted by Crippen LogP contribution is 2.19. The molecule has 1 heterocycles. The number of nitrogens with one attached hydrogen (secondary N) is 1. The molecular weight excluding hydrogens is 282 g/mol. The van der Waals surface area contributed by atoms with Crippen LogP contribution < -0.4 is 5.32 Å². The summed E-state index contributed by atoms with van der Waals surface area (Å²) in [6.07, 6.45) is 2.94. The molecule has 0 radical (unpaired) electrons. The Labute approximate surface area is 132 Å². The van der Waals surface area contributed by atoms with Gasteiger partial charge in [0.2, 0.25) is 0 Å². The summed E-state index contributed by atoms with van der Waals surface area (Å²) >= 11 is 0. The number of nitrogens with zero attached hydrogens (tertiary/aromatic N) is 2. The van der Waals surface area contributed by atoms with Crippen LogP contribution in [0.2, 0.25) is 0 Å². The van der Waals surface area contributed by atoms with Crippen molar-refractivity contribution in [2.24, 2.45) is 5.92 Å². The van der Waals surface area contributed by atoms with Crippen molar-refractivity contribution in [1.82, 2.24) is 10.2 Å². The Bertz CT molecular complexity index is 478. The van der Waals surface area contributed by atoms with Crippen LogP contribution in [-0.4, -0.2) is 42.0 Å². The molecule has 1 saturated heterocycles. The summed E-state index contributed by atoms with van der Waals surface area (Å²) in [4.78, 5) is 25.6. The first-order valence-electron chi connectivity index (χ1n) is 7.62. The first-order chi connectivity index (χ1) is 10.3. The summed E-state index contributed by atoms with van der Waals surface area (Å²) in [5.41, 5.74) is -0.297. The molecule has 0 aromatic rings. The van der Waals surface area contributed by atoms with Crippen LogP contribution in [0.25, 0.3) is 0 Å². The molecule has 22 heavy (non-hydrogen) atoms. The van der Waals surface area contributed by atoms with Crippen molar-refractivity contribution in [2.45, 2.75) is 46.1 Å². The average molecular weight is 307 g/mol. The third-order valence-electron chi connectivity index (χ3n) is 3.31. The normalized spacial score (nSPS) is 16.9. The van der Waals surface area contributed by atoms with Gasteiger partial charge in [-0.2, -0.15) is 5.26 Å². The van der Waals surface area contributed by atoms with E-state index in [2.05, 4.69) is 5.32 Å². The second kappa shape index (κ2) is 7.83. The van der Waals surface area contributed by atoms with Gasteiger partial charge in [0.15, 0.2) is 0 Å². The molecule has 0 aromatic heterocycles. The van der Waals surface area contributed by atoms with Gasteiger partial charge in [0, 0.05) is 24.8 Å². The van der Waals surface area contributed by atoms with Crippen LogP contribution in [0.15, 0.2) is 11.8 Å². The number of piperidine rings is 1. The van der Waals surface area contributed by atoms with Crippen molar-refractivity contribution in [2.75, 3.05) is 19.7 Å². The fraction of sp³-hybridized carbons (Fsp3) is 0.688. The van der Waals surface area contributed by atoms with Gasteiger partial charge in [-0.25, -0.2) is 0 Å². The van der Waals surface area contributed by atoms with Crippen molar-refractivity contribution in [3.8, 4) is 6.07 Å². The lowest BCUT2D eigenvalue weighted by atomic mass is 9.97. The van der Waals surface area contributed by atoms with Crippen LogP contribution in [0.3, 0.4) is 0 Å². The van der Waals surface area contributed by atoms with Crippen molar-refractivity contribution >= 4 is 11.9 Å². The molecular formula is C16H25N3O3. The first kappa shape index (κ1) is 18.0. The summed E-state index contributed by atoms with van der Waals surface area (Å²) in [5.74, 6) is -0.613. The number of rotatable bonds is 4. The third-order valence-corrected chi connectivity index (χ3v) is 3.31. The molecule has 1 fully saturated rings. The van der Waals surface area contributed by atoms with Crippen molar-refractivity contribution in [1.29, 1.82) is 5.26 Å². The number of hydrogen-bond acceptors (Lipinski definition) is 5. The maximum absolute atomic E-state index is 12.0. The Balaban J connectivity index is 2.61. The van der Waals surface area contributed by atoms with Crippen LogP contribution in [0.4, 0.5) is 0 Å². The van der Waals surface area contributed by atoms with Crippen LogP contribution in [0, 0.1) is 17.2 Å². The van der Waals surface area contributed by atoms with E-state index in [-0.39, 0.29) is 28.9 Å². The van der Waals surface area contributed by atoms with Crippen LogP contribution in [0.5, 0.6) is 0 Å². The predicted octanol–water partition coefficient (Wildman–Crippen LogP) is 1.58. The van der Waals surface area contributed by atoms with E-state index in [1.54, 1.807) is 13.1 Å². The van der Waals surface area contributed by atoms with Gasteiger partial charge in [0.05, 0.1) is 12.5 Å². The van der Waals surface area contributed by atoms with Gasteiger partial charge in [0.1, 0.15) is 11.6 Å². The zero-order valence-electron chi connectivity index (χ0n) is 13.8. The summed E-state index contributed by atoms with van der Waals surface area (Å²) < 4.78 is 5.02. The fourth-order valence-corrected chi connectivity index (χ4v) is 2.25. The van der Waals surface area contributed by atoms with Crippen molar-refractivity contribution in [3.63, 3.8) is 0 Å². The molecule has 0 atom stereocenters. The van der Waals surface area contributed by atoms with Gasteiger partial charge < -0.3 is 15.0 Å². The number of hydrogen-bond donors (Lipinski definition) is 1. The van der Waals surface area contributed by atoms with Gasteiger partial charge in [-0.3, -0.25) is 9.59 Å². The second-order valence-corrected chi connectivity index (χ2v) is 6.42. The SMILES string of the molecule is CCOC(=O)C1CCN(/C=C(/C#N)C(=O)NC(C)(C)C)CC1. The summed E-state index contributed by atoms with van der Waals surface area (Å²) in [6.45, 7) is 9.06. The Hall–Kier alpha value is -2.03. The van der Waals surface area contributed by atoms with Gasteiger partial charge in [-0.05, 0) is 40.5 Å². The quantitative estimate of drug-likeness (QED) is 0.484. The van der Waals surface area contributed by atoms with E-state index in [9.17, 15) is 9.59 Å². The molecule has 122 valence electrons. The minimum atomic E-state index is -0.385. The number of ether oxygens (including phenoxy) is 1. The molecule has 0 spiro atoms. The number of carbonyl (C=O) groups is 2. The Morgan fingerprint density at radius 2 is 1.95 bits per heavy atom. The number of amides is 1. The standard InChI is InChI=1S/C16H25N3O3/c1-5-22-15(21)12-6-8-19(9-7-12)11-13(10-17)14(20)18-16(2,3)4/h11-12H,5-9H2,1-4H3,(H,18,20)/b13-11-. The van der Waals surface area contributed by atoms with E-state index in [1.807, 2.05) is 31.7 Å². The molecule has 6 nitrogen and oxygen atoms in total. The minimum Gasteiger partial charge on any atom is -0.466 e. The van der Waals surface area contributed by atoms with Crippen LogP contribution in [0.1, 0.15) is 40.5 Å². The van der Waals surface area contributed by atoms with Crippen molar-refractivity contribution < 1.29 is 14.3 Å². The van der Waals surface area contributed by atoms with Crippen molar-refractivity contribution in [3.05, 3.63) is 11.8 Å².